The largest absolute Gasteiger partial charge is 0.324 e. The minimum atomic E-state index is -0.886. The predicted molar refractivity (Wildman–Crippen MR) is 83.9 cm³/mol. The van der Waals surface area contributed by atoms with Gasteiger partial charge in [-0.15, -0.1) is 0 Å². The van der Waals surface area contributed by atoms with Crippen LogP contribution >= 0.6 is 11.8 Å². The van der Waals surface area contributed by atoms with Gasteiger partial charge in [-0.2, -0.15) is 0 Å². The second kappa shape index (κ2) is 6.11. The second-order valence-electron chi connectivity index (χ2n) is 5.12. The summed E-state index contributed by atoms with van der Waals surface area (Å²) in [5, 5.41) is 2.83. The highest BCUT2D eigenvalue weighted by molar-refractivity contribution is 7.99. The van der Waals surface area contributed by atoms with Crippen LogP contribution in [-0.4, -0.2) is 11.4 Å². The van der Waals surface area contributed by atoms with Crippen LogP contribution in [0.3, 0.4) is 0 Å². The number of amides is 1. The summed E-state index contributed by atoms with van der Waals surface area (Å²) >= 11 is 1.65. The summed E-state index contributed by atoms with van der Waals surface area (Å²) in [7, 11) is 0. The molecule has 3 nitrogen and oxygen atoms in total. The number of carbonyl (C=O) groups excluding carboxylic acids is 1. The molecule has 0 radical (unpaired) electrons. The SMILES string of the molecule is CC(C)(N)C(=O)Nc1cccc(Sc2ccccc2)c1. The summed E-state index contributed by atoms with van der Waals surface area (Å²) in [4.78, 5) is 14.1. The Morgan fingerprint density at radius 1 is 1.05 bits per heavy atom. The molecule has 4 heteroatoms. The van der Waals surface area contributed by atoms with Crippen LogP contribution in [0.5, 0.6) is 0 Å². The zero-order valence-electron chi connectivity index (χ0n) is 11.6. The molecule has 3 N–H and O–H groups in total. The molecule has 0 bridgehead atoms. The van der Waals surface area contributed by atoms with Gasteiger partial charge >= 0.3 is 0 Å². The number of anilines is 1. The molecule has 0 atom stereocenters. The van der Waals surface area contributed by atoms with E-state index in [4.69, 9.17) is 5.73 Å². The average Bonchev–Trinajstić information content (AvgIpc) is 2.39. The molecule has 0 saturated carbocycles. The number of nitrogens with one attached hydrogen (secondary N) is 1. The number of hydrogen-bond acceptors (Lipinski definition) is 3. The van der Waals surface area contributed by atoms with Crippen molar-refractivity contribution in [1.82, 2.24) is 0 Å². The van der Waals surface area contributed by atoms with Gasteiger partial charge in [-0.05, 0) is 44.2 Å². The Balaban J connectivity index is 2.10. The van der Waals surface area contributed by atoms with E-state index >= 15 is 0 Å². The highest BCUT2D eigenvalue weighted by Crippen LogP contribution is 2.29. The van der Waals surface area contributed by atoms with Crippen molar-refractivity contribution in [2.24, 2.45) is 5.73 Å². The lowest BCUT2D eigenvalue weighted by molar-refractivity contribution is -0.120. The van der Waals surface area contributed by atoms with Crippen molar-refractivity contribution in [3.05, 3.63) is 54.6 Å². The summed E-state index contributed by atoms with van der Waals surface area (Å²) in [6.45, 7) is 3.37. The van der Waals surface area contributed by atoms with Crippen molar-refractivity contribution in [3.63, 3.8) is 0 Å². The van der Waals surface area contributed by atoms with Crippen molar-refractivity contribution < 1.29 is 4.79 Å². The maximum absolute atomic E-state index is 11.9. The van der Waals surface area contributed by atoms with E-state index in [9.17, 15) is 4.79 Å². The first-order chi connectivity index (χ1) is 9.45. The third kappa shape index (κ3) is 4.11. The minimum absolute atomic E-state index is 0.195. The molecule has 0 aliphatic heterocycles. The lowest BCUT2D eigenvalue weighted by Gasteiger charge is -2.18. The van der Waals surface area contributed by atoms with Crippen LogP contribution in [0.1, 0.15) is 13.8 Å². The van der Waals surface area contributed by atoms with E-state index in [1.54, 1.807) is 25.6 Å². The molecule has 0 spiro atoms. The third-order valence-corrected chi connectivity index (χ3v) is 3.65. The molecule has 2 rings (SSSR count). The Morgan fingerprint density at radius 2 is 1.70 bits per heavy atom. The van der Waals surface area contributed by atoms with Crippen LogP contribution in [0.4, 0.5) is 5.69 Å². The van der Waals surface area contributed by atoms with Gasteiger partial charge in [0.1, 0.15) is 0 Å². The summed E-state index contributed by atoms with van der Waals surface area (Å²) in [5.41, 5.74) is 5.64. The van der Waals surface area contributed by atoms with Gasteiger partial charge in [0.15, 0.2) is 0 Å². The molecule has 0 aliphatic rings. The molecule has 0 saturated heterocycles. The summed E-state index contributed by atoms with van der Waals surface area (Å²) in [6.07, 6.45) is 0. The van der Waals surface area contributed by atoms with Crippen molar-refractivity contribution in [3.8, 4) is 0 Å². The van der Waals surface area contributed by atoms with Gasteiger partial charge in [-0.3, -0.25) is 4.79 Å². The van der Waals surface area contributed by atoms with Crippen molar-refractivity contribution in [1.29, 1.82) is 0 Å². The fourth-order valence-electron chi connectivity index (χ4n) is 1.55. The molecule has 0 unspecified atom stereocenters. The van der Waals surface area contributed by atoms with E-state index in [1.807, 2.05) is 42.5 Å². The quantitative estimate of drug-likeness (QED) is 0.904. The van der Waals surface area contributed by atoms with Crippen LogP contribution < -0.4 is 11.1 Å². The zero-order chi connectivity index (χ0) is 14.6. The number of rotatable bonds is 4. The summed E-state index contributed by atoms with van der Waals surface area (Å²) < 4.78 is 0. The van der Waals surface area contributed by atoms with Crippen molar-refractivity contribution in [2.45, 2.75) is 29.2 Å². The molecular weight excluding hydrogens is 268 g/mol. The first-order valence-corrected chi connectivity index (χ1v) is 7.20. The van der Waals surface area contributed by atoms with Gasteiger partial charge in [-0.1, -0.05) is 36.0 Å². The van der Waals surface area contributed by atoms with Crippen LogP contribution in [0, 0.1) is 0 Å². The minimum Gasteiger partial charge on any atom is -0.324 e. The Kier molecular flexibility index (Phi) is 4.47. The molecule has 0 heterocycles. The predicted octanol–water partition coefficient (Wildman–Crippen LogP) is 3.51. The molecule has 2 aromatic rings. The Hall–Kier alpha value is -1.78. The first-order valence-electron chi connectivity index (χ1n) is 6.38. The lowest BCUT2D eigenvalue weighted by atomic mass is 10.1. The topological polar surface area (TPSA) is 55.1 Å². The van der Waals surface area contributed by atoms with E-state index < -0.39 is 5.54 Å². The molecule has 0 aromatic heterocycles. The Labute approximate surface area is 123 Å². The second-order valence-corrected chi connectivity index (χ2v) is 6.27. The van der Waals surface area contributed by atoms with E-state index in [-0.39, 0.29) is 5.91 Å². The van der Waals surface area contributed by atoms with Crippen LogP contribution in [0.2, 0.25) is 0 Å². The van der Waals surface area contributed by atoms with E-state index in [1.165, 1.54) is 0 Å². The fraction of sp³-hybridized carbons (Fsp3) is 0.188. The molecule has 104 valence electrons. The maximum Gasteiger partial charge on any atom is 0.243 e. The first kappa shape index (κ1) is 14.6. The van der Waals surface area contributed by atoms with Crippen molar-refractivity contribution in [2.75, 3.05) is 5.32 Å². The third-order valence-electron chi connectivity index (χ3n) is 2.66. The van der Waals surface area contributed by atoms with Gasteiger partial charge in [0.05, 0.1) is 5.54 Å². The maximum atomic E-state index is 11.9. The molecule has 0 aliphatic carbocycles. The summed E-state index contributed by atoms with van der Waals surface area (Å²) in [5.74, 6) is -0.195. The highest BCUT2D eigenvalue weighted by Gasteiger charge is 2.21. The van der Waals surface area contributed by atoms with Gasteiger partial charge in [-0.25, -0.2) is 0 Å². The Morgan fingerprint density at radius 3 is 2.35 bits per heavy atom. The number of benzene rings is 2. The van der Waals surface area contributed by atoms with Gasteiger partial charge in [0, 0.05) is 15.5 Å². The monoisotopic (exact) mass is 286 g/mol. The highest BCUT2D eigenvalue weighted by atomic mass is 32.2. The summed E-state index contributed by atoms with van der Waals surface area (Å²) in [6, 6.07) is 17.9. The van der Waals surface area contributed by atoms with Crippen LogP contribution in [-0.2, 0) is 4.79 Å². The standard InChI is InChI=1S/C16H18N2OS/c1-16(2,17)15(19)18-12-7-6-10-14(11-12)20-13-8-4-3-5-9-13/h3-11H,17H2,1-2H3,(H,18,19). The van der Waals surface area contributed by atoms with Crippen LogP contribution in [0.25, 0.3) is 0 Å². The zero-order valence-corrected chi connectivity index (χ0v) is 12.4. The van der Waals surface area contributed by atoms with Gasteiger partial charge in [0.2, 0.25) is 5.91 Å². The van der Waals surface area contributed by atoms with Crippen molar-refractivity contribution >= 4 is 23.4 Å². The smallest absolute Gasteiger partial charge is 0.243 e. The van der Waals surface area contributed by atoms with Crippen LogP contribution in [0.15, 0.2) is 64.4 Å². The molecule has 0 fully saturated rings. The van der Waals surface area contributed by atoms with E-state index in [0.717, 1.165) is 15.5 Å². The average molecular weight is 286 g/mol. The van der Waals surface area contributed by atoms with E-state index in [2.05, 4.69) is 17.4 Å². The Bertz CT molecular complexity index is 591. The molecule has 20 heavy (non-hydrogen) atoms. The van der Waals surface area contributed by atoms with Gasteiger partial charge in [0.25, 0.3) is 0 Å². The number of carbonyl (C=O) groups is 1. The van der Waals surface area contributed by atoms with E-state index in [0.29, 0.717) is 0 Å². The fourth-order valence-corrected chi connectivity index (χ4v) is 2.45. The molecular formula is C16H18N2OS. The normalized spacial score (nSPS) is 11.2. The van der Waals surface area contributed by atoms with Gasteiger partial charge < -0.3 is 11.1 Å². The number of nitrogens with two attached hydrogens (primary N) is 1. The molecule has 1 amide bonds. The number of hydrogen-bond donors (Lipinski definition) is 2. The molecule has 2 aromatic carbocycles. The lowest BCUT2D eigenvalue weighted by Crippen LogP contribution is -2.45.